The molecule has 130 valence electrons. The lowest BCUT2D eigenvalue weighted by Crippen LogP contribution is -2.40. The largest absolute Gasteiger partial charge is 0.385 e. The highest BCUT2D eigenvalue weighted by Crippen LogP contribution is 2.44. The summed E-state index contributed by atoms with van der Waals surface area (Å²) in [5, 5.41) is 10.7. The first kappa shape index (κ1) is 18.4. The zero-order chi connectivity index (χ0) is 16.7. The summed E-state index contributed by atoms with van der Waals surface area (Å²) in [5.74, 6) is -0.0691. The second-order valence-corrected chi connectivity index (χ2v) is 6.99. The molecule has 1 aliphatic carbocycles. The highest BCUT2D eigenvalue weighted by molar-refractivity contribution is 5.97. The van der Waals surface area contributed by atoms with Crippen molar-refractivity contribution < 1.29 is 14.6 Å². The van der Waals surface area contributed by atoms with Crippen LogP contribution in [-0.2, 0) is 9.53 Å². The number of hydrogen-bond donors (Lipinski definition) is 1. The molecule has 0 bridgehead atoms. The second kappa shape index (κ2) is 8.79. The second-order valence-electron chi connectivity index (χ2n) is 6.99. The standard InChI is InChI=1S/C20H32O3/c1-3-5-7-8-9-13-16(12-6-4-2)18(21)19(22)20-15-11-10-14-17(20)23-20/h10-11,14-18,21H,3-9,12-13H2,1-2H3. The van der Waals surface area contributed by atoms with E-state index in [-0.39, 0.29) is 17.8 Å². The number of ketones is 1. The van der Waals surface area contributed by atoms with Crippen molar-refractivity contribution in [3.05, 3.63) is 24.3 Å². The van der Waals surface area contributed by atoms with E-state index in [2.05, 4.69) is 13.8 Å². The zero-order valence-electron chi connectivity index (χ0n) is 14.7. The number of rotatable bonds is 12. The molecular formula is C20H32O3. The van der Waals surface area contributed by atoms with Crippen molar-refractivity contribution in [3.8, 4) is 0 Å². The lowest BCUT2D eigenvalue weighted by atomic mass is 9.82. The highest BCUT2D eigenvalue weighted by atomic mass is 16.6. The SMILES string of the molecule is CCCCCCCC(CCCC)C(O)C(=O)C12C=CC=CC1O2. The molecule has 2 rings (SSSR count). The molecular weight excluding hydrogens is 288 g/mol. The Morgan fingerprint density at radius 1 is 1.09 bits per heavy atom. The van der Waals surface area contributed by atoms with Gasteiger partial charge in [0.1, 0.15) is 12.2 Å². The molecule has 4 unspecified atom stereocenters. The summed E-state index contributed by atoms with van der Waals surface area (Å²) in [7, 11) is 0. The van der Waals surface area contributed by atoms with Crippen LogP contribution in [0.25, 0.3) is 0 Å². The van der Waals surface area contributed by atoms with E-state index in [1.54, 1.807) is 6.08 Å². The van der Waals surface area contributed by atoms with E-state index in [0.29, 0.717) is 0 Å². The number of fused-ring (bicyclic) bond motifs is 1. The summed E-state index contributed by atoms with van der Waals surface area (Å²) in [5.41, 5.74) is -0.860. The summed E-state index contributed by atoms with van der Waals surface area (Å²) in [6.07, 6.45) is 16.5. The van der Waals surface area contributed by atoms with Crippen LogP contribution in [0.4, 0.5) is 0 Å². The van der Waals surface area contributed by atoms with Gasteiger partial charge in [0.2, 0.25) is 0 Å². The fourth-order valence-corrected chi connectivity index (χ4v) is 3.52. The van der Waals surface area contributed by atoms with Crippen LogP contribution < -0.4 is 0 Å². The lowest BCUT2D eigenvalue weighted by Gasteiger charge is -2.24. The predicted octanol–water partition coefficient (Wildman–Crippen LogP) is 4.35. The van der Waals surface area contributed by atoms with Gasteiger partial charge in [0.05, 0.1) is 0 Å². The van der Waals surface area contributed by atoms with E-state index in [4.69, 9.17) is 4.74 Å². The van der Waals surface area contributed by atoms with Gasteiger partial charge in [0.15, 0.2) is 11.4 Å². The van der Waals surface area contributed by atoms with Crippen molar-refractivity contribution in [2.75, 3.05) is 0 Å². The smallest absolute Gasteiger partial charge is 0.200 e. The van der Waals surface area contributed by atoms with E-state index in [0.717, 1.165) is 32.1 Å². The van der Waals surface area contributed by atoms with Crippen LogP contribution in [0.1, 0.15) is 71.6 Å². The average Bonchev–Trinajstić information content (AvgIpc) is 3.32. The number of Topliss-reactive ketones (excluding diaryl/α,β-unsaturated/α-hetero) is 1. The third-order valence-corrected chi connectivity index (χ3v) is 5.14. The molecule has 4 atom stereocenters. The number of allylic oxidation sites excluding steroid dienone is 2. The Morgan fingerprint density at radius 2 is 1.78 bits per heavy atom. The first-order valence-electron chi connectivity index (χ1n) is 9.42. The molecule has 3 heteroatoms. The fraction of sp³-hybridized carbons (Fsp3) is 0.750. The summed E-state index contributed by atoms with van der Waals surface area (Å²) in [6.45, 7) is 4.36. The first-order valence-corrected chi connectivity index (χ1v) is 9.42. The van der Waals surface area contributed by atoms with Gasteiger partial charge in [-0.25, -0.2) is 0 Å². The number of aliphatic hydroxyl groups is 1. The van der Waals surface area contributed by atoms with E-state index < -0.39 is 11.7 Å². The molecule has 2 aliphatic rings. The molecule has 1 heterocycles. The van der Waals surface area contributed by atoms with Gasteiger partial charge in [-0.1, -0.05) is 77.0 Å². The maximum Gasteiger partial charge on any atom is 0.200 e. The van der Waals surface area contributed by atoms with Gasteiger partial charge in [0.25, 0.3) is 0 Å². The molecule has 0 spiro atoms. The van der Waals surface area contributed by atoms with Gasteiger partial charge in [-0.3, -0.25) is 4.79 Å². The molecule has 0 aromatic rings. The number of ether oxygens (including phenoxy) is 1. The van der Waals surface area contributed by atoms with E-state index in [1.807, 2.05) is 18.2 Å². The highest BCUT2D eigenvalue weighted by Gasteiger charge is 2.61. The Bertz CT molecular complexity index is 440. The van der Waals surface area contributed by atoms with Crippen LogP contribution in [0.15, 0.2) is 24.3 Å². The van der Waals surface area contributed by atoms with Crippen molar-refractivity contribution in [2.45, 2.75) is 89.4 Å². The Labute approximate surface area is 140 Å². The summed E-state index contributed by atoms with van der Waals surface area (Å²) < 4.78 is 5.58. The maximum absolute atomic E-state index is 12.7. The van der Waals surface area contributed by atoms with E-state index in [1.165, 1.54) is 25.7 Å². The molecule has 0 aromatic heterocycles. The summed E-state index contributed by atoms with van der Waals surface area (Å²) in [4.78, 5) is 12.7. The number of epoxide rings is 1. The minimum absolute atomic E-state index is 0.0719. The molecule has 0 aromatic carbocycles. The molecule has 1 aliphatic heterocycles. The minimum atomic E-state index is -0.895. The van der Waals surface area contributed by atoms with Crippen molar-refractivity contribution >= 4 is 5.78 Å². The van der Waals surface area contributed by atoms with Crippen LogP contribution in [0.2, 0.25) is 0 Å². The Hall–Kier alpha value is -0.930. The number of unbranched alkanes of at least 4 members (excludes halogenated alkanes) is 5. The Kier molecular flexibility index (Phi) is 7.04. The molecule has 0 saturated carbocycles. The molecule has 23 heavy (non-hydrogen) atoms. The Morgan fingerprint density at radius 3 is 2.48 bits per heavy atom. The Balaban J connectivity index is 1.88. The van der Waals surface area contributed by atoms with Crippen LogP contribution >= 0.6 is 0 Å². The minimum Gasteiger partial charge on any atom is -0.385 e. The molecule has 0 radical (unpaired) electrons. The van der Waals surface area contributed by atoms with Gasteiger partial charge < -0.3 is 9.84 Å². The third kappa shape index (κ3) is 4.54. The van der Waals surface area contributed by atoms with Gasteiger partial charge in [-0.15, -0.1) is 0 Å². The monoisotopic (exact) mass is 320 g/mol. The molecule has 1 fully saturated rings. The quantitative estimate of drug-likeness (QED) is 0.430. The summed E-state index contributed by atoms with van der Waals surface area (Å²) in [6, 6.07) is 0. The van der Waals surface area contributed by atoms with E-state index in [9.17, 15) is 9.90 Å². The molecule has 3 nitrogen and oxygen atoms in total. The summed E-state index contributed by atoms with van der Waals surface area (Å²) >= 11 is 0. The van der Waals surface area contributed by atoms with Crippen molar-refractivity contribution in [2.24, 2.45) is 5.92 Å². The van der Waals surface area contributed by atoms with Crippen LogP contribution in [0, 0.1) is 5.92 Å². The number of hydrogen-bond acceptors (Lipinski definition) is 3. The normalized spacial score (nSPS) is 27.5. The van der Waals surface area contributed by atoms with Gasteiger partial charge in [-0.2, -0.15) is 0 Å². The van der Waals surface area contributed by atoms with Gasteiger partial charge >= 0.3 is 0 Å². The maximum atomic E-state index is 12.7. The zero-order valence-corrected chi connectivity index (χ0v) is 14.7. The van der Waals surface area contributed by atoms with Crippen molar-refractivity contribution in [3.63, 3.8) is 0 Å². The fourth-order valence-electron chi connectivity index (χ4n) is 3.52. The predicted molar refractivity (Wildman–Crippen MR) is 93.3 cm³/mol. The lowest BCUT2D eigenvalue weighted by molar-refractivity contribution is -0.134. The first-order chi connectivity index (χ1) is 11.2. The topological polar surface area (TPSA) is 49.8 Å². The van der Waals surface area contributed by atoms with Crippen LogP contribution in [0.3, 0.4) is 0 Å². The molecule has 1 N–H and O–H groups in total. The third-order valence-electron chi connectivity index (χ3n) is 5.14. The van der Waals surface area contributed by atoms with Gasteiger partial charge in [0, 0.05) is 0 Å². The van der Waals surface area contributed by atoms with Gasteiger partial charge in [-0.05, 0) is 24.8 Å². The molecule has 0 amide bonds. The number of carbonyl (C=O) groups is 1. The average molecular weight is 320 g/mol. The van der Waals surface area contributed by atoms with Crippen molar-refractivity contribution in [1.29, 1.82) is 0 Å². The van der Waals surface area contributed by atoms with Crippen molar-refractivity contribution in [1.82, 2.24) is 0 Å². The van der Waals surface area contributed by atoms with E-state index >= 15 is 0 Å². The molecule has 1 saturated heterocycles. The van der Waals surface area contributed by atoms with Crippen LogP contribution in [0.5, 0.6) is 0 Å². The number of aliphatic hydroxyl groups excluding tert-OH is 1. The van der Waals surface area contributed by atoms with Crippen LogP contribution in [-0.4, -0.2) is 28.7 Å². The number of carbonyl (C=O) groups excluding carboxylic acids is 1.